The highest BCUT2D eigenvalue weighted by molar-refractivity contribution is 5.79. The molecule has 1 aromatic carbocycles. The summed E-state index contributed by atoms with van der Waals surface area (Å²) < 4.78 is 5.36. The van der Waals surface area contributed by atoms with Crippen molar-refractivity contribution >= 4 is 22.7 Å². The number of hydrogen-bond acceptors (Lipinski definition) is 5. The Morgan fingerprint density at radius 2 is 2.35 bits per heavy atom. The lowest BCUT2D eigenvalue weighted by atomic mass is 10.3. The minimum atomic E-state index is -0.430. The maximum absolute atomic E-state index is 10.7. The van der Waals surface area contributed by atoms with E-state index in [1.54, 1.807) is 12.1 Å². The van der Waals surface area contributed by atoms with Crippen LogP contribution in [0.1, 0.15) is 6.42 Å². The Morgan fingerprint density at radius 3 is 3.10 bits per heavy atom. The number of non-ortho nitro benzene ring substituents is 1. The van der Waals surface area contributed by atoms with Crippen LogP contribution < -0.4 is 5.32 Å². The minimum Gasteiger partial charge on any atom is -0.379 e. The lowest BCUT2D eigenvalue weighted by Gasteiger charge is -2.03. The molecule has 2 rings (SSSR count). The number of imidazole rings is 1. The third-order valence-corrected chi connectivity index (χ3v) is 2.68. The van der Waals surface area contributed by atoms with Crippen LogP contribution in [0.2, 0.25) is 0 Å². The average molecular weight is 276 g/mol. The summed E-state index contributed by atoms with van der Waals surface area (Å²) in [6, 6.07) is 4.52. The zero-order valence-corrected chi connectivity index (χ0v) is 11.0. The van der Waals surface area contributed by atoms with Gasteiger partial charge in [0.25, 0.3) is 5.69 Å². The Kier molecular flexibility index (Phi) is 4.67. The standard InChI is InChI=1S/C13H16N4O3/c1-2-3-7-20-8-6-14-13-15-11-5-4-10(17(18)19)9-12(11)16-13/h2,4-5,9H,1,3,6-8H2,(H2,14,15,16). The molecule has 7 heteroatoms. The van der Waals surface area contributed by atoms with Crippen LogP contribution in [0.25, 0.3) is 11.0 Å². The first-order valence-electron chi connectivity index (χ1n) is 6.27. The SMILES string of the molecule is C=CCCOCCNc1nc2ccc([N+](=O)[O-])cc2[nH]1. The van der Waals surface area contributed by atoms with Crippen LogP contribution >= 0.6 is 0 Å². The van der Waals surface area contributed by atoms with Gasteiger partial charge in [0, 0.05) is 18.7 Å². The molecule has 7 nitrogen and oxygen atoms in total. The quantitative estimate of drug-likeness (QED) is 0.334. The van der Waals surface area contributed by atoms with Gasteiger partial charge in [-0.3, -0.25) is 10.1 Å². The van der Waals surface area contributed by atoms with E-state index in [2.05, 4.69) is 21.9 Å². The van der Waals surface area contributed by atoms with Crippen LogP contribution in [0.3, 0.4) is 0 Å². The van der Waals surface area contributed by atoms with E-state index in [9.17, 15) is 10.1 Å². The van der Waals surface area contributed by atoms with Crippen molar-refractivity contribution in [3.05, 3.63) is 41.0 Å². The molecule has 0 radical (unpaired) electrons. The van der Waals surface area contributed by atoms with Crippen molar-refractivity contribution < 1.29 is 9.66 Å². The number of hydrogen-bond donors (Lipinski definition) is 2. The first-order chi connectivity index (χ1) is 9.70. The van der Waals surface area contributed by atoms with Crippen molar-refractivity contribution in [3.8, 4) is 0 Å². The minimum absolute atomic E-state index is 0.0421. The van der Waals surface area contributed by atoms with Gasteiger partial charge in [0.1, 0.15) is 0 Å². The number of nitrogens with zero attached hydrogens (tertiary/aromatic N) is 2. The number of ether oxygens (including phenoxy) is 1. The lowest BCUT2D eigenvalue weighted by Crippen LogP contribution is -2.10. The molecule has 106 valence electrons. The smallest absolute Gasteiger partial charge is 0.271 e. The van der Waals surface area contributed by atoms with Gasteiger partial charge in [-0.1, -0.05) is 6.08 Å². The molecule has 0 amide bonds. The van der Waals surface area contributed by atoms with Crippen LogP contribution in [0.15, 0.2) is 30.9 Å². The van der Waals surface area contributed by atoms with Crippen molar-refractivity contribution in [1.82, 2.24) is 9.97 Å². The number of aromatic amines is 1. The van der Waals surface area contributed by atoms with Crippen LogP contribution in [0, 0.1) is 10.1 Å². The van der Waals surface area contributed by atoms with Crippen molar-refractivity contribution in [3.63, 3.8) is 0 Å². The molecule has 0 saturated carbocycles. The molecule has 0 aliphatic heterocycles. The molecule has 2 N–H and O–H groups in total. The van der Waals surface area contributed by atoms with Gasteiger partial charge in [0.05, 0.1) is 29.2 Å². The molecule has 0 aliphatic rings. The Labute approximate surface area is 115 Å². The monoisotopic (exact) mass is 276 g/mol. The van der Waals surface area contributed by atoms with Crippen molar-refractivity contribution in [2.24, 2.45) is 0 Å². The van der Waals surface area contributed by atoms with Gasteiger partial charge in [-0.25, -0.2) is 4.98 Å². The van der Waals surface area contributed by atoms with Crippen molar-refractivity contribution in [2.45, 2.75) is 6.42 Å². The molecule has 0 spiro atoms. The number of H-pyrrole nitrogens is 1. The zero-order valence-electron chi connectivity index (χ0n) is 11.0. The Balaban J connectivity index is 1.91. The Morgan fingerprint density at radius 1 is 1.50 bits per heavy atom. The van der Waals surface area contributed by atoms with E-state index < -0.39 is 4.92 Å². The first-order valence-corrected chi connectivity index (χ1v) is 6.27. The third-order valence-electron chi connectivity index (χ3n) is 2.68. The normalized spacial score (nSPS) is 10.6. The van der Waals surface area contributed by atoms with Gasteiger partial charge in [-0.2, -0.15) is 0 Å². The van der Waals surface area contributed by atoms with Crippen molar-refractivity contribution in [2.75, 3.05) is 25.1 Å². The molecule has 0 fully saturated rings. The van der Waals surface area contributed by atoms with Gasteiger partial charge < -0.3 is 15.0 Å². The van der Waals surface area contributed by atoms with Crippen LogP contribution in [0.5, 0.6) is 0 Å². The predicted molar refractivity (Wildman–Crippen MR) is 76.9 cm³/mol. The summed E-state index contributed by atoms with van der Waals surface area (Å²) in [6.07, 6.45) is 2.63. The van der Waals surface area contributed by atoms with Gasteiger partial charge >= 0.3 is 0 Å². The molecule has 0 atom stereocenters. The summed E-state index contributed by atoms with van der Waals surface area (Å²) in [6.45, 7) is 5.43. The summed E-state index contributed by atoms with van der Waals surface area (Å²) in [5.74, 6) is 0.577. The van der Waals surface area contributed by atoms with Gasteiger partial charge in [0.15, 0.2) is 0 Å². The van der Waals surface area contributed by atoms with Gasteiger partial charge in [0.2, 0.25) is 5.95 Å². The van der Waals surface area contributed by atoms with E-state index in [-0.39, 0.29) is 5.69 Å². The second-order valence-electron chi connectivity index (χ2n) is 4.16. The molecule has 1 aromatic heterocycles. The van der Waals surface area contributed by atoms with E-state index in [0.29, 0.717) is 36.7 Å². The zero-order chi connectivity index (χ0) is 14.4. The number of anilines is 1. The second-order valence-corrected chi connectivity index (χ2v) is 4.16. The van der Waals surface area contributed by atoms with Crippen LogP contribution in [-0.4, -0.2) is 34.6 Å². The number of rotatable bonds is 8. The topological polar surface area (TPSA) is 93.1 Å². The van der Waals surface area contributed by atoms with E-state index in [1.807, 2.05) is 0 Å². The molecule has 1 heterocycles. The summed E-state index contributed by atoms with van der Waals surface area (Å²) in [5, 5.41) is 13.8. The van der Waals surface area contributed by atoms with Crippen LogP contribution in [-0.2, 0) is 4.74 Å². The molecule has 0 bridgehead atoms. The summed E-state index contributed by atoms with van der Waals surface area (Å²) >= 11 is 0. The first kappa shape index (κ1) is 14.0. The maximum Gasteiger partial charge on any atom is 0.271 e. The average Bonchev–Trinajstić information content (AvgIpc) is 2.84. The molecular weight excluding hydrogens is 260 g/mol. The number of nitro benzene ring substituents is 1. The number of nitrogens with one attached hydrogen (secondary N) is 2. The lowest BCUT2D eigenvalue weighted by molar-refractivity contribution is -0.384. The highest BCUT2D eigenvalue weighted by Crippen LogP contribution is 2.20. The molecule has 20 heavy (non-hydrogen) atoms. The number of fused-ring (bicyclic) bond motifs is 1. The highest BCUT2D eigenvalue weighted by Gasteiger charge is 2.09. The second kappa shape index (κ2) is 6.67. The predicted octanol–water partition coefficient (Wildman–Crippen LogP) is 2.48. The van der Waals surface area contributed by atoms with E-state index >= 15 is 0 Å². The Hall–Kier alpha value is -2.41. The van der Waals surface area contributed by atoms with Crippen molar-refractivity contribution in [1.29, 1.82) is 0 Å². The fourth-order valence-corrected chi connectivity index (χ4v) is 1.71. The summed E-state index contributed by atoms with van der Waals surface area (Å²) in [4.78, 5) is 17.5. The fraction of sp³-hybridized carbons (Fsp3) is 0.308. The largest absolute Gasteiger partial charge is 0.379 e. The fourth-order valence-electron chi connectivity index (χ4n) is 1.71. The van der Waals surface area contributed by atoms with E-state index in [4.69, 9.17) is 4.74 Å². The van der Waals surface area contributed by atoms with Crippen LogP contribution in [0.4, 0.5) is 11.6 Å². The molecule has 2 aromatic rings. The highest BCUT2D eigenvalue weighted by atomic mass is 16.6. The van der Waals surface area contributed by atoms with E-state index in [1.165, 1.54) is 12.1 Å². The van der Waals surface area contributed by atoms with Gasteiger partial charge in [-0.05, 0) is 12.5 Å². The molecule has 0 unspecified atom stereocenters. The molecule has 0 aliphatic carbocycles. The summed E-state index contributed by atoms with van der Waals surface area (Å²) in [7, 11) is 0. The molecular formula is C13H16N4O3. The number of benzene rings is 1. The van der Waals surface area contributed by atoms with Gasteiger partial charge in [-0.15, -0.1) is 6.58 Å². The molecule has 0 saturated heterocycles. The van der Waals surface area contributed by atoms with E-state index in [0.717, 1.165) is 6.42 Å². The maximum atomic E-state index is 10.7. The third kappa shape index (κ3) is 3.55. The summed E-state index contributed by atoms with van der Waals surface area (Å²) in [5.41, 5.74) is 1.36. The Bertz CT molecular complexity index is 609. The number of aromatic nitrogens is 2. The number of nitro groups is 1.